The Hall–Kier alpha value is -1.92. The Morgan fingerprint density at radius 1 is 1.48 bits per heavy atom. The van der Waals surface area contributed by atoms with Gasteiger partial charge in [0.15, 0.2) is 5.84 Å². The highest BCUT2D eigenvalue weighted by Gasteiger charge is 2.15. The molecule has 0 saturated carbocycles. The number of oxime groups is 1. The quantitative estimate of drug-likeness (QED) is 0.386. The van der Waals surface area contributed by atoms with Gasteiger partial charge < -0.3 is 10.9 Å². The molecular formula is C15H18FN3OS. The first kappa shape index (κ1) is 15.5. The molecule has 1 aromatic heterocycles. The number of hydrogen-bond donors (Lipinski definition) is 2. The fourth-order valence-electron chi connectivity index (χ4n) is 2.04. The largest absolute Gasteiger partial charge is 0.409 e. The number of thiophene rings is 1. The molecule has 1 heterocycles. The summed E-state index contributed by atoms with van der Waals surface area (Å²) in [5.41, 5.74) is 6.40. The molecule has 3 N–H and O–H groups in total. The maximum absolute atomic E-state index is 14.1. The molecular weight excluding hydrogens is 289 g/mol. The molecule has 1 aromatic carbocycles. The first-order valence-electron chi connectivity index (χ1n) is 6.53. The summed E-state index contributed by atoms with van der Waals surface area (Å²) in [6, 6.07) is 8.90. The van der Waals surface area contributed by atoms with Crippen LogP contribution in [0.15, 0.2) is 40.9 Å². The molecule has 2 aromatic rings. The predicted molar refractivity (Wildman–Crippen MR) is 83.1 cm³/mol. The number of benzene rings is 1. The van der Waals surface area contributed by atoms with E-state index in [2.05, 4.69) is 23.0 Å². The predicted octanol–water partition coefficient (Wildman–Crippen LogP) is 3.17. The van der Waals surface area contributed by atoms with Crippen molar-refractivity contribution < 1.29 is 9.60 Å². The summed E-state index contributed by atoms with van der Waals surface area (Å²) in [5, 5.41) is 13.5. The van der Waals surface area contributed by atoms with E-state index >= 15 is 0 Å². The van der Waals surface area contributed by atoms with Crippen molar-refractivity contribution in [2.45, 2.75) is 19.5 Å². The zero-order chi connectivity index (χ0) is 15.4. The second kappa shape index (κ2) is 6.69. The number of nitrogens with zero attached hydrogens (tertiary/aromatic N) is 2. The number of nitrogens with two attached hydrogens (primary N) is 1. The highest BCUT2D eigenvalue weighted by Crippen LogP contribution is 2.25. The first-order valence-corrected chi connectivity index (χ1v) is 7.41. The molecule has 0 bridgehead atoms. The van der Waals surface area contributed by atoms with Gasteiger partial charge in [-0.1, -0.05) is 23.4 Å². The molecule has 1 atom stereocenters. The van der Waals surface area contributed by atoms with Gasteiger partial charge in [0.05, 0.1) is 0 Å². The first-order chi connectivity index (χ1) is 10.0. The monoisotopic (exact) mass is 307 g/mol. The molecule has 2 rings (SSSR count). The molecule has 21 heavy (non-hydrogen) atoms. The lowest BCUT2D eigenvalue weighted by atomic mass is 10.1. The molecule has 0 aliphatic carbocycles. The Morgan fingerprint density at radius 3 is 2.81 bits per heavy atom. The normalized spacial score (nSPS) is 13.6. The minimum Gasteiger partial charge on any atom is -0.409 e. The van der Waals surface area contributed by atoms with Gasteiger partial charge in [0, 0.05) is 28.6 Å². The van der Waals surface area contributed by atoms with Crippen molar-refractivity contribution >= 4 is 17.2 Å². The van der Waals surface area contributed by atoms with Gasteiger partial charge in [-0.25, -0.2) is 4.39 Å². The van der Waals surface area contributed by atoms with E-state index in [1.807, 2.05) is 18.5 Å². The molecule has 0 saturated heterocycles. The fourth-order valence-corrected chi connectivity index (χ4v) is 2.89. The summed E-state index contributed by atoms with van der Waals surface area (Å²) < 4.78 is 14.1. The Morgan fingerprint density at radius 2 is 2.24 bits per heavy atom. The molecule has 0 radical (unpaired) electrons. The zero-order valence-electron chi connectivity index (χ0n) is 12.0. The van der Waals surface area contributed by atoms with E-state index in [0.717, 1.165) is 0 Å². The van der Waals surface area contributed by atoms with E-state index in [1.54, 1.807) is 23.5 Å². The molecule has 0 spiro atoms. The van der Waals surface area contributed by atoms with Crippen molar-refractivity contribution in [3.63, 3.8) is 0 Å². The van der Waals surface area contributed by atoms with Crippen LogP contribution in [0.4, 0.5) is 4.39 Å². The van der Waals surface area contributed by atoms with E-state index in [1.165, 1.54) is 10.9 Å². The van der Waals surface area contributed by atoms with Gasteiger partial charge in [-0.3, -0.25) is 4.90 Å². The van der Waals surface area contributed by atoms with Gasteiger partial charge in [-0.15, -0.1) is 11.3 Å². The third-order valence-electron chi connectivity index (χ3n) is 3.49. The second-order valence-corrected chi connectivity index (χ2v) is 5.88. The number of rotatable bonds is 5. The van der Waals surface area contributed by atoms with Crippen LogP contribution >= 0.6 is 11.3 Å². The summed E-state index contributed by atoms with van der Waals surface area (Å²) in [7, 11) is 1.96. The average Bonchev–Trinajstić information content (AvgIpc) is 3.01. The van der Waals surface area contributed by atoms with E-state index in [-0.39, 0.29) is 17.7 Å². The molecule has 6 heteroatoms. The number of amidine groups is 1. The molecule has 112 valence electrons. The SMILES string of the molecule is CC(c1cccs1)N(C)Cc1ccc(C(N)=NO)cc1F. The Kier molecular flexibility index (Phi) is 4.93. The average molecular weight is 307 g/mol. The molecule has 0 fully saturated rings. The maximum atomic E-state index is 14.1. The van der Waals surface area contributed by atoms with Crippen LogP contribution in [0.5, 0.6) is 0 Å². The van der Waals surface area contributed by atoms with Crippen molar-refractivity contribution in [2.24, 2.45) is 10.9 Å². The van der Waals surface area contributed by atoms with Crippen LogP contribution in [0.25, 0.3) is 0 Å². The summed E-state index contributed by atoms with van der Waals surface area (Å²) in [4.78, 5) is 3.32. The molecule has 0 amide bonds. The Bertz CT molecular complexity index is 628. The van der Waals surface area contributed by atoms with Crippen LogP contribution in [0, 0.1) is 5.82 Å². The lowest BCUT2D eigenvalue weighted by molar-refractivity contribution is 0.253. The van der Waals surface area contributed by atoms with Crippen molar-refractivity contribution in [3.05, 3.63) is 57.5 Å². The highest BCUT2D eigenvalue weighted by molar-refractivity contribution is 7.10. The van der Waals surface area contributed by atoms with Gasteiger partial charge in [0.1, 0.15) is 5.82 Å². The van der Waals surface area contributed by atoms with Gasteiger partial charge >= 0.3 is 0 Å². The molecule has 0 aliphatic heterocycles. The van der Waals surface area contributed by atoms with Gasteiger partial charge in [0.25, 0.3) is 0 Å². The van der Waals surface area contributed by atoms with Crippen LogP contribution < -0.4 is 5.73 Å². The van der Waals surface area contributed by atoms with Crippen LogP contribution in [-0.2, 0) is 6.54 Å². The topological polar surface area (TPSA) is 61.8 Å². The maximum Gasteiger partial charge on any atom is 0.170 e. The zero-order valence-corrected chi connectivity index (χ0v) is 12.8. The van der Waals surface area contributed by atoms with Crippen molar-refractivity contribution in [2.75, 3.05) is 7.05 Å². The third kappa shape index (κ3) is 3.59. The van der Waals surface area contributed by atoms with Crippen LogP contribution in [0.3, 0.4) is 0 Å². The molecule has 0 aliphatic rings. The second-order valence-electron chi connectivity index (χ2n) is 4.90. The summed E-state index contributed by atoms with van der Waals surface area (Å²) in [6.45, 7) is 2.58. The van der Waals surface area contributed by atoms with Gasteiger partial charge in [-0.2, -0.15) is 0 Å². The van der Waals surface area contributed by atoms with Crippen LogP contribution in [0.1, 0.15) is 29.0 Å². The lowest BCUT2D eigenvalue weighted by Crippen LogP contribution is -2.22. The molecule has 1 unspecified atom stereocenters. The van der Waals surface area contributed by atoms with Crippen molar-refractivity contribution in [3.8, 4) is 0 Å². The van der Waals surface area contributed by atoms with E-state index in [0.29, 0.717) is 17.7 Å². The molecule has 4 nitrogen and oxygen atoms in total. The lowest BCUT2D eigenvalue weighted by Gasteiger charge is -2.24. The third-order valence-corrected chi connectivity index (χ3v) is 4.53. The standard InChI is InChI=1S/C15H18FN3OS/c1-10(14-4-3-7-21-14)19(2)9-12-6-5-11(8-13(12)16)15(17)18-20/h3-8,10,20H,9H2,1-2H3,(H2,17,18). The summed E-state index contributed by atoms with van der Waals surface area (Å²) >= 11 is 1.69. The minimum atomic E-state index is -0.357. The number of halogens is 1. The van der Waals surface area contributed by atoms with E-state index in [9.17, 15) is 4.39 Å². The number of hydrogen-bond acceptors (Lipinski definition) is 4. The van der Waals surface area contributed by atoms with Gasteiger partial charge in [0.2, 0.25) is 0 Å². The highest BCUT2D eigenvalue weighted by atomic mass is 32.1. The Balaban J connectivity index is 2.12. The smallest absolute Gasteiger partial charge is 0.170 e. The van der Waals surface area contributed by atoms with Crippen molar-refractivity contribution in [1.82, 2.24) is 4.90 Å². The van der Waals surface area contributed by atoms with E-state index in [4.69, 9.17) is 10.9 Å². The van der Waals surface area contributed by atoms with Crippen LogP contribution in [-0.4, -0.2) is 23.0 Å². The summed E-state index contributed by atoms with van der Waals surface area (Å²) in [5.74, 6) is -0.454. The van der Waals surface area contributed by atoms with Gasteiger partial charge in [-0.05, 0) is 31.5 Å². The van der Waals surface area contributed by atoms with Crippen molar-refractivity contribution in [1.29, 1.82) is 0 Å². The summed E-state index contributed by atoms with van der Waals surface area (Å²) in [6.07, 6.45) is 0. The van der Waals surface area contributed by atoms with Crippen LogP contribution in [0.2, 0.25) is 0 Å². The van der Waals surface area contributed by atoms with E-state index < -0.39 is 0 Å². The Labute approximate surface area is 127 Å². The fraction of sp³-hybridized carbons (Fsp3) is 0.267. The minimum absolute atomic E-state index is 0.0965.